The molecule has 0 aliphatic heterocycles. The van der Waals surface area contributed by atoms with Gasteiger partial charge in [-0.25, -0.2) is 0 Å². The van der Waals surface area contributed by atoms with E-state index >= 15 is 0 Å². The van der Waals surface area contributed by atoms with E-state index in [0.717, 1.165) is 17.5 Å². The lowest BCUT2D eigenvalue weighted by Crippen LogP contribution is -2.28. The molecule has 0 saturated heterocycles. The van der Waals surface area contributed by atoms with Gasteiger partial charge in [0, 0.05) is 17.4 Å². The number of nitrogens with one attached hydrogen (secondary N) is 1. The van der Waals surface area contributed by atoms with Gasteiger partial charge in [0.25, 0.3) is 5.91 Å². The Morgan fingerprint density at radius 2 is 1.89 bits per heavy atom. The predicted octanol–water partition coefficient (Wildman–Crippen LogP) is 3.62. The van der Waals surface area contributed by atoms with Crippen LogP contribution in [0.2, 0.25) is 0 Å². The Morgan fingerprint density at radius 1 is 1.26 bits per heavy atom. The predicted molar refractivity (Wildman–Crippen MR) is 82.1 cm³/mol. The molecule has 3 nitrogen and oxygen atoms in total. The highest BCUT2D eigenvalue weighted by Gasteiger charge is 2.08. The molecule has 1 N–H and O–H groups in total. The number of alkyl halides is 1. The van der Waals surface area contributed by atoms with E-state index < -0.39 is 0 Å². The summed E-state index contributed by atoms with van der Waals surface area (Å²) in [6.45, 7) is 6.79. The summed E-state index contributed by atoms with van der Waals surface area (Å²) in [6.07, 6.45) is 1.20. The molecule has 0 radical (unpaired) electrons. The average Bonchev–Trinajstić information content (AvgIpc) is 2.36. The van der Waals surface area contributed by atoms with Gasteiger partial charge in [-0.3, -0.25) is 4.79 Å². The van der Waals surface area contributed by atoms with Crippen molar-refractivity contribution in [3.05, 3.63) is 29.8 Å². The fraction of sp³-hybridized carbons (Fsp3) is 0.533. The van der Waals surface area contributed by atoms with E-state index in [1.54, 1.807) is 12.1 Å². The van der Waals surface area contributed by atoms with Crippen LogP contribution in [0.15, 0.2) is 24.3 Å². The second-order valence-electron chi connectivity index (χ2n) is 4.98. The molecule has 0 saturated carbocycles. The molecule has 1 aromatic rings. The average molecular weight is 328 g/mol. The molecular weight excluding hydrogens is 306 g/mol. The summed E-state index contributed by atoms with van der Waals surface area (Å²) < 4.78 is 5.54. The van der Waals surface area contributed by atoms with Crippen molar-refractivity contribution < 1.29 is 9.53 Å². The summed E-state index contributed by atoms with van der Waals surface area (Å²) >= 11 is 3.40. The Kier molecular flexibility index (Phi) is 6.92. The molecule has 0 aliphatic rings. The third kappa shape index (κ3) is 6.10. The van der Waals surface area contributed by atoms with E-state index in [4.69, 9.17) is 4.74 Å². The second kappa shape index (κ2) is 8.20. The van der Waals surface area contributed by atoms with Gasteiger partial charge in [-0.05, 0) is 50.5 Å². The second-order valence-corrected chi connectivity index (χ2v) is 5.78. The summed E-state index contributed by atoms with van der Waals surface area (Å²) in [6, 6.07) is 7.25. The smallest absolute Gasteiger partial charge is 0.251 e. The fourth-order valence-corrected chi connectivity index (χ4v) is 2.40. The van der Waals surface area contributed by atoms with Crippen LogP contribution >= 0.6 is 15.9 Å². The monoisotopic (exact) mass is 327 g/mol. The molecule has 19 heavy (non-hydrogen) atoms. The van der Waals surface area contributed by atoms with Crippen LogP contribution in [-0.2, 0) is 0 Å². The van der Waals surface area contributed by atoms with E-state index in [2.05, 4.69) is 28.2 Å². The zero-order chi connectivity index (χ0) is 14.3. The summed E-state index contributed by atoms with van der Waals surface area (Å²) in [4.78, 5) is 11.9. The minimum Gasteiger partial charge on any atom is -0.491 e. The number of rotatable bonds is 7. The Labute approximate surface area is 123 Å². The van der Waals surface area contributed by atoms with Crippen LogP contribution in [0.25, 0.3) is 0 Å². The van der Waals surface area contributed by atoms with Gasteiger partial charge >= 0.3 is 0 Å². The maximum Gasteiger partial charge on any atom is 0.251 e. The van der Waals surface area contributed by atoms with Crippen LogP contribution in [-0.4, -0.2) is 23.9 Å². The molecule has 0 bridgehead atoms. The van der Waals surface area contributed by atoms with E-state index in [9.17, 15) is 4.79 Å². The molecule has 1 rings (SSSR count). The van der Waals surface area contributed by atoms with Crippen LogP contribution in [0.5, 0.6) is 5.75 Å². The number of ether oxygens (including phenoxy) is 1. The summed E-state index contributed by atoms with van der Waals surface area (Å²) in [5.41, 5.74) is 0.669. The van der Waals surface area contributed by atoms with Crippen molar-refractivity contribution in [1.82, 2.24) is 5.32 Å². The quantitative estimate of drug-likeness (QED) is 0.776. The highest BCUT2D eigenvalue weighted by molar-refractivity contribution is 9.09. The number of halogens is 1. The third-order valence-corrected chi connectivity index (χ3v) is 3.16. The van der Waals surface area contributed by atoms with Gasteiger partial charge in [0.15, 0.2) is 0 Å². The van der Waals surface area contributed by atoms with Gasteiger partial charge in [-0.15, -0.1) is 0 Å². The van der Waals surface area contributed by atoms with Crippen molar-refractivity contribution in [2.45, 2.75) is 33.3 Å². The molecule has 1 unspecified atom stereocenters. The largest absolute Gasteiger partial charge is 0.491 e. The van der Waals surface area contributed by atoms with Gasteiger partial charge in [-0.1, -0.05) is 22.9 Å². The third-order valence-electron chi connectivity index (χ3n) is 2.70. The van der Waals surface area contributed by atoms with Gasteiger partial charge in [0.05, 0.1) is 6.10 Å². The molecular formula is C15H22BrNO2. The zero-order valence-electron chi connectivity index (χ0n) is 11.8. The molecule has 4 heteroatoms. The number of hydrogen-bond acceptors (Lipinski definition) is 2. The zero-order valence-corrected chi connectivity index (χ0v) is 13.4. The maximum absolute atomic E-state index is 11.9. The van der Waals surface area contributed by atoms with Crippen LogP contribution in [0.1, 0.15) is 37.6 Å². The van der Waals surface area contributed by atoms with Crippen molar-refractivity contribution in [2.24, 2.45) is 5.92 Å². The molecule has 0 heterocycles. The standard InChI is InChI=1S/C15H22BrNO2/c1-11(2)19-14-6-4-13(5-7-14)15(18)17-10-12(3)8-9-16/h4-7,11-12H,8-10H2,1-3H3,(H,17,18). The van der Waals surface area contributed by atoms with Crippen LogP contribution < -0.4 is 10.1 Å². The van der Waals surface area contributed by atoms with E-state index in [-0.39, 0.29) is 12.0 Å². The number of carbonyl (C=O) groups is 1. The highest BCUT2D eigenvalue weighted by Crippen LogP contribution is 2.14. The summed E-state index contributed by atoms with van der Waals surface area (Å²) in [5.74, 6) is 1.24. The number of benzene rings is 1. The van der Waals surface area contributed by atoms with Gasteiger partial charge in [-0.2, -0.15) is 0 Å². The first-order chi connectivity index (χ1) is 9.02. The molecule has 0 spiro atoms. The Hall–Kier alpha value is -1.03. The van der Waals surface area contributed by atoms with Crippen LogP contribution in [0.4, 0.5) is 0 Å². The van der Waals surface area contributed by atoms with E-state index in [1.165, 1.54) is 0 Å². The lowest BCUT2D eigenvalue weighted by molar-refractivity contribution is 0.0948. The Bertz CT molecular complexity index is 390. The van der Waals surface area contributed by atoms with Crippen LogP contribution in [0.3, 0.4) is 0 Å². The molecule has 0 aromatic heterocycles. The van der Waals surface area contributed by atoms with Crippen molar-refractivity contribution in [1.29, 1.82) is 0 Å². The Balaban J connectivity index is 2.48. The lowest BCUT2D eigenvalue weighted by Gasteiger charge is -2.12. The van der Waals surface area contributed by atoms with Gasteiger partial charge in [0.2, 0.25) is 0 Å². The molecule has 1 aromatic carbocycles. The number of amides is 1. The van der Waals surface area contributed by atoms with Crippen molar-refractivity contribution in [2.75, 3.05) is 11.9 Å². The topological polar surface area (TPSA) is 38.3 Å². The normalized spacial score (nSPS) is 12.3. The summed E-state index contributed by atoms with van der Waals surface area (Å²) in [7, 11) is 0. The number of hydrogen-bond donors (Lipinski definition) is 1. The molecule has 0 aliphatic carbocycles. The van der Waals surface area contributed by atoms with E-state index in [1.807, 2.05) is 26.0 Å². The molecule has 1 atom stereocenters. The minimum atomic E-state index is -0.0301. The minimum absolute atomic E-state index is 0.0301. The summed E-state index contributed by atoms with van der Waals surface area (Å²) in [5, 5.41) is 3.91. The van der Waals surface area contributed by atoms with Gasteiger partial charge in [0.1, 0.15) is 5.75 Å². The van der Waals surface area contributed by atoms with Crippen molar-refractivity contribution in [3.63, 3.8) is 0 Å². The van der Waals surface area contributed by atoms with Crippen molar-refractivity contribution >= 4 is 21.8 Å². The molecule has 1 amide bonds. The first-order valence-corrected chi connectivity index (χ1v) is 7.76. The lowest BCUT2D eigenvalue weighted by atomic mass is 10.1. The molecule has 0 fully saturated rings. The first-order valence-electron chi connectivity index (χ1n) is 6.63. The van der Waals surface area contributed by atoms with E-state index in [0.29, 0.717) is 18.0 Å². The Morgan fingerprint density at radius 3 is 2.42 bits per heavy atom. The van der Waals surface area contributed by atoms with Gasteiger partial charge < -0.3 is 10.1 Å². The SMILES string of the molecule is CC(CCBr)CNC(=O)c1ccc(OC(C)C)cc1. The highest BCUT2D eigenvalue weighted by atomic mass is 79.9. The fourth-order valence-electron chi connectivity index (χ4n) is 1.61. The maximum atomic E-state index is 11.9. The van der Waals surface area contributed by atoms with Crippen LogP contribution in [0, 0.1) is 5.92 Å². The first kappa shape index (κ1) is 16.0. The molecule has 106 valence electrons. The number of carbonyl (C=O) groups excluding carboxylic acids is 1. The van der Waals surface area contributed by atoms with Crippen molar-refractivity contribution in [3.8, 4) is 5.75 Å².